The molecule has 3 aromatic rings. The highest BCUT2D eigenvalue weighted by Gasteiger charge is 2.29. The second kappa shape index (κ2) is 9.21. The molecule has 3 N–H and O–H groups in total. The quantitative estimate of drug-likeness (QED) is 0.493. The Kier molecular flexibility index (Phi) is 6.48. The van der Waals surface area contributed by atoms with Crippen molar-refractivity contribution in [2.75, 3.05) is 37.5 Å². The van der Waals surface area contributed by atoms with Crippen LogP contribution in [0.2, 0.25) is 0 Å². The molecule has 34 heavy (non-hydrogen) atoms. The van der Waals surface area contributed by atoms with E-state index in [1.165, 1.54) is 32.3 Å². The van der Waals surface area contributed by atoms with Crippen LogP contribution in [-0.2, 0) is 10.0 Å². The number of benzene rings is 2. The second-order valence-corrected chi connectivity index (χ2v) is 10.8. The van der Waals surface area contributed by atoms with Crippen molar-refractivity contribution in [1.82, 2.24) is 9.29 Å². The summed E-state index contributed by atoms with van der Waals surface area (Å²) in [6, 6.07) is 11.0. The zero-order valence-corrected chi connectivity index (χ0v) is 20.1. The molecule has 0 spiro atoms. The number of carbonyl (C=O) groups excluding carboxylic acids is 1. The number of amides is 1. The van der Waals surface area contributed by atoms with Gasteiger partial charge in [-0.15, -0.1) is 0 Å². The molecule has 1 fully saturated rings. The SMILES string of the molecule is Cc1cc(=O)[nH]c2ccc(NC(=O)c3cc(S(=O)(=O)N(C)C)ccc3N3CCCC3CO)cc12. The zero-order valence-electron chi connectivity index (χ0n) is 19.3. The molecule has 2 heterocycles. The van der Waals surface area contributed by atoms with E-state index in [9.17, 15) is 23.1 Å². The molecule has 1 amide bonds. The summed E-state index contributed by atoms with van der Waals surface area (Å²) in [7, 11) is -0.877. The first kappa shape index (κ1) is 23.9. The van der Waals surface area contributed by atoms with Crippen LogP contribution in [0, 0.1) is 6.92 Å². The number of fused-ring (bicyclic) bond motifs is 1. The maximum Gasteiger partial charge on any atom is 0.257 e. The number of aliphatic hydroxyl groups excluding tert-OH is 1. The molecule has 1 aromatic heterocycles. The van der Waals surface area contributed by atoms with Gasteiger partial charge in [-0.2, -0.15) is 0 Å². The molecule has 1 atom stereocenters. The summed E-state index contributed by atoms with van der Waals surface area (Å²) < 4.78 is 26.6. The standard InChI is InChI=1S/C24H28N4O5S/c1-15-11-23(30)26-21-8-6-16(12-19(15)21)25-24(31)20-13-18(34(32,33)27(2)3)7-9-22(20)28-10-4-5-17(28)14-29/h6-9,11-13,17,29H,4-5,10,14H2,1-3H3,(H,25,31)(H,26,30). The maximum atomic E-state index is 13.4. The van der Waals surface area contributed by atoms with Gasteiger partial charge in [0, 0.05) is 49.0 Å². The monoisotopic (exact) mass is 484 g/mol. The van der Waals surface area contributed by atoms with E-state index in [2.05, 4.69) is 10.3 Å². The minimum absolute atomic E-state index is 0.0121. The number of rotatable bonds is 6. The number of aryl methyl sites for hydroxylation is 1. The molecule has 1 unspecified atom stereocenters. The summed E-state index contributed by atoms with van der Waals surface area (Å²) in [6.07, 6.45) is 1.66. The Morgan fingerprint density at radius 3 is 2.68 bits per heavy atom. The van der Waals surface area contributed by atoms with E-state index in [1.807, 2.05) is 11.8 Å². The summed E-state index contributed by atoms with van der Waals surface area (Å²) in [6.45, 7) is 2.42. The Bertz CT molecular complexity index is 1410. The number of aromatic nitrogens is 1. The Labute approximate surface area is 198 Å². The molecule has 1 saturated heterocycles. The van der Waals surface area contributed by atoms with Crippen molar-refractivity contribution in [3.8, 4) is 0 Å². The van der Waals surface area contributed by atoms with Gasteiger partial charge < -0.3 is 20.3 Å². The Morgan fingerprint density at radius 1 is 1.21 bits per heavy atom. The van der Waals surface area contributed by atoms with E-state index < -0.39 is 15.9 Å². The van der Waals surface area contributed by atoms with Gasteiger partial charge in [0.2, 0.25) is 15.6 Å². The number of sulfonamides is 1. The zero-order chi connectivity index (χ0) is 24.6. The van der Waals surface area contributed by atoms with Crippen LogP contribution in [0.25, 0.3) is 10.9 Å². The van der Waals surface area contributed by atoms with E-state index in [4.69, 9.17) is 0 Å². The van der Waals surface area contributed by atoms with E-state index in [0.717, 1.165) is 28.1 Å². The van der Waals surface area contributed by atoms with Crippen molar-refractivity contribution in [2.45, 2.75) is 30.7 Å². The first-order valence-electron chi connectivity index (χ1n) is 11.0. The third-order valence-corrected chi connectivity index (χ3v) is 8.01. The number of aromatic amines is 1. The molecule has 1 aliphatic rings. The van der Waals surface area contributed by atoms with Crippen LogP contribution >= 0.6 is 0 Å². The predicted molar refractivity (Wildman–Crippen MR) is 132 cm³/mol. The molecule has 180 valence electrons. The van der Waals surface area contributed by atoms with E-state index >= 15 is 0 Å². The third-order valence-electron chi connectivity index (χ3n) is 6.20. The lowest BCUT2D eigenvalue weighted by molar-refractivity contribution is 0.102. The van der Waals surface area contributed by atoms with Crippen LogP contribution in [-0.4, -0.2) is 62.0 Å². The molecule has 0 aliphatic carbocycles. The fourth-order valence-electron chi connectivity index (χ4n) is 4.36. The molecule has 0 bridgehead atoms. The number of carbonyl (C=O) groups is 1. The van der Waals surface area contributed by atoms with Crippen LogP contribution in [0.3, 0.4) is 0 Å². The molecular weight excluding hydrogens is 456 g/mol. The number of anilines is 2. The molecule has 9 nitrogen and oxygen atoms in total. The van der Waals surface area contributed by atoms with Crippen LogP contribution in [0.5, 0.6) is 0 Å². The highest BCUT2D eigenvalue weighted by molar-refractivity contribution is 7.89. The lowest BCUT2D eigenvalue weighted by Crippen LogP contribution is -2.34. The minimum Gasteiger partial charge on any atom is -0.394 e. The first-order valence-corrected chi connectivity index (χ1v) is 12.4. The van der Waals surface area contributed by atoms with Crippen molar-refractivity contribution in [3.63, 3.8) is 0 Å². The van der Waals surface area contributed by atoms with Gasteiger partial charge in [0.15, 0.2) is 0 Å². The smallest absolute Gasteiger partial charge is 0.257 e. The van der Waals surface area contributed by atoms with Crippen molar-refractivity contribution < 1.29 is 18.3 Å². The Hall–Kier alpha value is -3.21. The van der Waals surface area contributed by atoms with Crippen molar-refractivity contribution >= 4 is 38.2 Å². The highest BCUT2D eigenvalue weighted by Crippen LogP contribution is 2.32. The van der Waals surface area contributed by atoms with Crippen molar-refractivity contribution in [2.24, 2.45) is 0 Å². The average Bonchev–Trinajstić information content (AvgIpc) is 3.27. The molecule has 10 heteroatoms. The van der Waals surface area contributed by atoms with Gasteiger partial charge in [-0.1, -0.05) is 0 Å². The highest BCUT2D eigenvalue weighted by atomic mass is 32.2. The lowest BCUT2D eigenvalue weighted by Gasteiger charge is -2.28. The van der Waals surface area contributed by atoms with Crippen LogP contribution in [0.4, 0.5) is 11.4 Å². The van der Waals surface area contributed by atoms with Crippen molar-refractivity contribution in [3.05, 3.63) is 63.9 Å². The van der Waals surface area contributed by atoms with Gasteiger partial charge in [-0.3, -0.25) is 9.59 Å². The number of pyridine rings is 1. The Morgan fingerprint density at radius 2 is 1.97 bits per heavy atom. The van der Waals surface area contributed by atoms with E-state index in [-0.39, 0.29) is 28.7 Å². The number of nitrogens with zero attached hydrogens (tertiary/aromatic N) is 2. The van der Waals surface area contributed by atoms with Crippen LogP contribution < -0.4 is 15.8 Å². The first-order chi connectivity index (χ1) is 16.1. The number of nitrogens with one attached hydrogen (secondary N) is 2. The molecule has 0 saturated carbocycles. The third kappa shape index (κ3) is 4.44. The summed E-state index contributed by atoms with van der Waals surface area (Å²) in [5.41, 5.74) is 2.53. The fourth-order valence-corrected chi connectivity index (χ4v) is 5.29. The minimum atomic E-state index is -3.75. The summed E-state index contributed by atoms with van der Waals surface area (Å²) in [5, 5.41) is 13.5. The normalized spacial score (nSPS) is 16.4. The molecule has 1 aliphatic heterocycles. The van der Waals surface area contributed by atoms with Gasteiger partial charge in [0.25, 0.3) is 5.91 Å². The van der Waals surface area contributed by atoms with Gasteiger partial charge in [-0.25, -0.2) is 12.7 Å². The number of aliphatic hydroxyl groups is 1. The van der Waals surface area contributed by atoms with E-state index in [1.54, 1.807) is 24.3 Å². The average molecular weight is 485 g/mol. The Balaban J connectivity index is 1.77. The summed E-state index contributed by atoms with van der Waals surface area (Å²) in [4.78, 5) is 29.9. The molecular formula is C24H28N4O5S. The van der Waals surface area contributed by atoms with Crippen LogP contribution in [0.1, 0.15) is 28.8 Å². The number of hydrogen-bond donors (Lipinski definition) is 3. The topological polar surface area (TPSA) is 123 Å². The van der Waals surface area contributed by atoms with E-state index in [0.29, 0.717) is 23.4 Å². The van der Waals surface area contributed by atoms with Gasteiger partial charge in [-0.05, 0) is 61.7 Å². The van der Waals surface area contributed by atoms with Gasteiger partial charge in [0.05, 0.1) is 23.1 Å². The van der Waals surface area contributed by atoms with Gasteiger partial charge in [0.1, 0.15) is 0 Å². The van der Waals surface area contributed by atoms with Gasteiger partial charge >= 0.3 is 0 Å². The molecule has 2 aromatic carbocycles. The second-order valence-electron chi connectivity index (χ2n) is 8.67. The summed E-state index contributed by atoms with van der Waals surface area (Å²) in [5.74, 6) is -0.462. The lowest BCUT2D eigenvalue weighted by atomic mass is 10.1. The number of hydrogen-bond acceptors (Lipinski definition) is 6. The fraction of sp³-hybridized carbons (Fsp3) is 0.333. The van der Waals surface area contributed by atoms with Crippen LogP contribution in [0.15, 0.2) is 52.2 Å². The number of H-pyrrole nitrogens is 1. The largest absolute Gasteiger partial charge is 0.394 e. The molecule has 0 radical (unpaired) electrons. The van der Waals surface area contributed by atoms with Crippen molar-refractivity contribution in [1.29, 1.82) is 0 Å². The molecule has 4 rings (SSSR count). The summed E-state index contributed by atoms with van der Waals surface area (Å²) >= 11 is 0. The predicted octanol–water partition coefficient (Wildman–Crippen LogP) is 2.30. The maximum absolute atomic E-state index is 13.4.